The summed E-state index contributed by atoms with van der Waals surface area (Å²) in [6, 6.07) is 0. The van der Waals surface area contributed by atoms with Crippen LogP contribution in [-0.2, 0) is 4.74 Å². The molecule has 0 aromatic carbocycles. The van der Waals surface area contributed by atoms with E-state index in [2.05, 4.69) is 41.5 Å². The number of rotatable bonds is 3. The number of ether oxygens (including phenoxy) is 1. The van der Waals surface area contributed by atoms with Crippen molar-refractivity contribution in [2.75, 3.05) is 0 Å². The minimum Gasteiger partial charge on any atom is -0.374 e. The Hall–Kier alpha value is -0.0400. The molecule has 0 aromatic rings. The van der Waals surface area contributed by atoms with Crippen molar-refractivity contribution in [3.8, 4) is 0 Å². The Bertz CT molecular complexity index is 189. The van der Waals surface area contributed by atoms with E-state index in [-0.39, 0.29) is 0 Å². The van der Waals surface area contributed by atoms with Crippen LogP contribution < -0.4 is 0 Å². The first kappa shape index (κ1) is 13.0. The van der Waals surface area contributed by atoms with Gasteiger partial charge in [0.15, 0.2) is 0 Å². The molecule has 1 atom stereocenters. The predicted octanol–water partition coefficient (Wildman–Crippen LogP) is 4.41. The summed E-state index contributed by atoms with van der Waals surface area (Å²) < 4.78 is 6.27. The molecule has 0 spiro atoms. The van der Waals surface area contributed by atoms with Crippen LogP contribution in [0, 0.1) is 10.8 Å². The predicted molar refractivity (Wildman–Crippen MR) is 66.0 cm³/mol. The molecule has 0 heterocycles. The van der Waals surface area contributed by atoms with Gasteiger partial charge in [0.1, 0.15) is 0 Å². The molecule has 1 aliphatic carbocycles. The SMILES string of the molecule is CCC(C)OC1C(C)(C)CCCC1(C)C. The standard InChI is InChI=1S/C14H28O/c1-7-11(2)15-12-13(3,4)9-8-10-14(12,5)6/h11-12H,7-10H2,1-6H3. The Balaban J connectivity index is 2.77. The molecule has 1 heteroatoms. The van der Waals surface area contributed by atoms with Gasteiger partial charge < -0.3 is 4.74 Å². The highest BCUT2D eigenvalue weighted by molar-refractivity contribution is 4.94. The molecule has 90 valence electrons. The Morgan fingerprint density at radius 3 is 2.00 bits per heavy atom. The summed E-state index contributed by atoms with van der Waals surface area (Å²) in [6.45, 7) is 13.8. The monoisotopic (exact) mass is 212 g/mol. The number of hydrogen-bond acceptors (Lipinski definition) is 1. The molecule has 1 rings (SSSR count). The minimum atomic E-state index is 0.338. The molecule has 0 amide bonds. The molecule has 0 aliphatic heterocycles. The van der Waals surface area contributed by atoms with Crippen molar-refractivity contribution in [3.63, 3.8) is 0 Å². The molecule has 0 radical (unpaired) electrons. The van der Waals surface area contributed by atoms with Gasteiger partial charge in [-0.2, -0.15) is 0 Å². The molecule has 0 aromatic heterocycles. The van der Waals surface area contributed by atoms with Gasteiger partial charge in [-0.15, -0.1) is 0 Å². The first-order valence-electron chi connectivity index (χ1n) is 6.45. The minimum absolute atomic E-state index is 0.338. The lowest BCUT2D eigenvalue weighted by Gasteiger charge is -2.49. The zero-order valence-corrected chi connectivity index (χ0v) is 11.4. The van der Waals surface area contributed by atoms with Crippen molar-refractivity contribution in [1.82, 2.24) is 0 Å². The zero-order valence-electron chi connectivity index (χ0n) is 11.4. The van der Waals surface area contributed by atoms with E-state index in [0.29, 0.717) is 23.0 Å². The van der Waals surface area contributed by atoms with Crippen LogP contribution in [0.5, 0.6) is 0 Å². The lowest BCUT2D eigenvalue weighted by atomic mass is 9.63. The maximum atomic E-state index is 6.27. The third-order valence-corrected chi connectivity index (χ3v) is 4.01. The van der Waals surface area contributed by atoms with Gasteiger partial charge in [-0.05, 0) is 37.0 Å². The largest absolute Gasteiger partial charge is 0.374 e. The lowest BCUT2D eigenvalue weighted by molar-refractivity contribution is -0.146. The fourth-order valence-corrected chi connectivity index (χ4v) is 3.02. The van der Waals surface area contributed by atoms with Crippen LogP contribution in [0.4, 0.5) is 0 Å². The molecule has 15 heavy (non-hydrogen) atoms. The van der Waals surface area contributed by atoms with Gasteiger partial charge in [0, 0.05) is 0 Å². The summed E-state index contributed by atoms with van der Waals surface area (Å²) in [5.41, 5.74) is 0.677. The second kappa shape index (κ2) is 4.45. The van der Waals surface area contributed by atoms with Crippen LogP contribution in [0.1, 0.15) is 67.2 Å². The van der Waals surface area contributed by atoms with Crippen LogP contribution in [0.3, 0.4) is 0 Å². The molecule has 1 unspecified atom stereocenters. The van der Waals surface area contributed by atoms with E-state index in [1.54, 1.807) is 0 Å². The first-order valence-corrected chi connectivity index (χ1v) is 6.45. The van der Waals surface area contributed by atoms with Gasteiger partial charge in [0.05, 0.1) is 12.2 Å². The van der Waals surface area contributed by atoms with Gasteiger partial charge in [0.2, 0.25) is 0 Å². The van der Waals surface area contributed by atoms with Crippen molar-refractivity contribution in [3.05, 3.63) is 0 Å². The summed E-state index contributed by atoms with van der Waals surface area (Å²) in [5, 5.41) is 0. The number of hydrogen-bond donors (Lipinski definition) is 0. The van der Waals surface area contributed by atoms with E-state index in [1.807, 2.05) is 0 Å². The fourth-order valence-electron chi connectivity index (χ4n) is 3.02. The second-order valence-electron chi connectivity index (χ2n) is 6.57. The van der Waals surface area contributed by atoms with Crippen molar-refractivity contribution < 1.29 is 4.74 Å². The highest BCUT2D eigenvalue weighted by Crippen LogP contribution is 2.48. The maximum absolute atomic E-state index is 6.27. The van der Waals surface area contributed by atoms with Gasteiger partial charge >= 0.3 is 0 Å². The molecule has 0 saturated heterocycles. The molecular formula is C14H28O. The van der Waals surface area contributed by atoms with Crippen LogP contribution >= 0.6 is 0 Å². The van der Waals surface area contributed by atoms with Gasteiger partial charge in [-0.3, -0.25) is 0 Å². The van der Waals surface area contributed by atoms with Gasteiger partial charge in [-0.25, -0.2) is 0 Å². The molecule has 1 fully saturated rings. The topological polar surface area (TPSA) is 9.23 Å². The average molecular weight is 212 g/mol. The zero-order chi connectivity index (χ0) is 11.7. The Kier molecular flexibility index (Phi) is 3.86. The van der Waals surface area contributed by atoms with Crippen LogP contribution in [0.25, 0.3) is 0 Å². The third kappa shape index (κ3) is 2.96. The van der Waals surface area contributed by atoms with E-state index >= 15 is 0 Å². The molecule has 1 saturated carbocycles. The highest BCUT2D eigenvalue weighted by Gasteiger charge is 2.45. The summed E-state index contributed by atoms with van der Waals surface area (Å²) >= 11 is 0. The van der Waals surface area contributed by atoms with Crippen LogP contribution in [0.2, 0.25) is 0 Å². The van der Waals surface area contributed by atoms with E-state index in [0.717, 1.165) is 6.42 Å². The molecule has 1 nitrogen and oxygen atoms in total. The Labute approximate surface area is 95.6 Å². The van der Waals surface area contributed by atoms with Crippen molar-refractivity contribution in [1.29, 1.82) is 0 Å². The summed E-state index contributed by atoms with van der Waals surface area (Å²) in [5.74, 6) is 0. The first-order chi connectivity index (χ1) is 6.79. The third-order valence-electron chi connectivity index (χ3n) is 4.01. The van der Waals surface area contributed by atoms with E-state index < -0.39 is 0 Å². The Morgan fingerprint density at radius 2 is 1.60 bits per heavy atom. The maximum Gasteiger partial charge on any atom is 0.0680 e. The summed E-state index contributed by atoms with van der Waals surface area (Å²) in [4.78, 5) is 0. The Morgan fingerprint density at radius 1 is 1.13 bits per heavy atom. The highest BCUT2D eigenvalue weighted by atomic mass is 16.5. The van der Waals surface area contributed by atoms with Crippen molar-refractivity contribution in [2.24, 2.45) is 10.8 Å². The lowest BCUT2D eigenvalue weighted by Crippen LogP contribution is -2.48. The molecule has 0 bridgehead atoms. The van der Waals surface area contributed by atoms with Crippen molar-refractivity contribution >= 4 is 0 Å². The van der Waals surface area contributed by atoms with Crippen molar-refractivity contribution in [2.45, 2.75) is 79.4 Å². The quantitative estimate of drug-likeness (QED) is 0.673. The molecular weight excluding hydrogens is 184 g/mol. The van der Waals surface area contributed by atoms with Crippen LogP contribution in [0.15, 0.2) is 0 Å². The normalized spacial score (nSPS) is 27.6. The van der Waals surface area contributed by atoms with Gasteiger partial charge in [0.25, 0.3) is 0 Å². The summed E-state index contributed by atoms with van der Waals surface area (Å²) in [7, 11) is 0. The fraction of sp³-hybridized carbons (Fsp3) is 1.00. The smallest absolute Gasteiger partial charge is 0.0680 e. The van der Waals surface area contributed by atoms with E-state index in [4.69, 9.17) is 4.74 Å². The van der Waals surface area contributed by atoms with E-state index in [9.17, 15) is 0 Å². The second-order valence-corrected chi connectivity index (χ2v) is 6.57. The summed E-state index contributed by atoms with van der Waals surface area (Å²) in [6.07, 6.45) is 5.87. The molecule has 1 aliphatic rings. The van der Waals surface area contributed by atoms with Crippen LogP contribution in [-0.4, -0.2) is 12.2 Å². The molecule has 0 N–H and O–H groups in total. The van der Waals surface area contributed by atoms with E-state index in [1.165, 1.54) is 19.3 Å². The average Bonchev–Trinajstić information content (AvgIpc) is 2.10. The van der Waals surface area contributed by atoms with Gasteiger partial charge in [-0.1, -0.05) is 41.0 Å².